The molecule has 0 spiro atoms. The van der Waals surface area contributed by atoms with E-state index in [1.807, 2.05) is 48.5 Å². The van der Waals surface area contributed by atoms with Crippen LogP contribution in [0.3, 0.4) is 0 Å². The van der Waals surface area contributed by atoms with Gasteiger partial charge >= 0.3 is 0 Å². The van der Waals surface area contributed by atoms with Crippen LogP contribution in [0.1, 0.15) is 36.9 Å². The molecule has 170 valence electrons. The summed E-state index contributed by atoms with van der Waals surface area (Å²) < 4.78 is 17.6. The maximum atomic E-state index is 13.3. The number of ether oxygens (including phenoxy) is 1. The third kappa shape index (κ3) is 4.01. The van der Waals surface area contributed by atoms with Gasteiger partial charge in [0.2, 0.25) is 17.0 Å². The fourth-order valence-electron chi connectivity index (χ4n) is 3.90. The van der Waals surface area contributed by atoms with Crippen molar-refractivity contribution in [3.8, 4) is 17.1 Å². The maximum absolute atomic E-state index is 13.3. The van der Waals surface area contributed by atoms with E-state index >= 15 is 0 Å². The monoisotopic (exact) mass is 452 g/mol. The molecular formula is C29H24O5. The predicted molar refractivity (Wildman–Crippen MR) is 133 cm³/mol. The number of ketones is 1. The molecule has 0 atom stereocenters. The largest absolute Gasteiger partial charge is 0.478 e. The van der Waals surface area contributed by atoms with E-state index < -0.39 is 0 Å². The highest BCUT2D eigenvalue weighted by Crippen LogP contribution is 2.33. The Morgan fingerprint density at radius 2 is 1.53 bits per heavy atom. The molecule has 34 heavy (non-hydrogen) atoms. The molecule has 0 aliphatic rings. The van der Waals surface area contributed by atoms with Gasteiger partial charge in [0.1, 0.15) is 11.2 Å². The van der Waals surface area contributed by atoms with Gasteiger partial charge in [0.05, 0.1) is 5.39 Å². The van der Waals surface area contributed by atoms with Crippen molar-refractivity contribution < 1.29 is 18.4 Å². The molecule has 2 aromatic heterocycles. The van der Waals surface area contributed by atoms with Gasteiger partial charge in [-0.2, -0.15) is 0 Å². The van der Waals surface area contributed by atoms with E-state index in [1.54, 1.807) is 30.3 Å². The molecule has 0 saturated carbocycles. The van der Waals surface area contributed by atoms with E-state index in [-0.39, 0.29) is 34.7 Å². The van der Waals surface area contributed by atoms with E-state index in [0.717, 1.165) is 10.9 Å². The molecule has 0 amide bonds. The fourth-order valence-corrected chi connectivity index (χ4v) is 3.90. The number of hydrogen-bond acceptors (Lipinski definition) is 5. The van der Waals surface area contributed by atoms with Crippen LogP contribution < -0.4 is 10.2 Å². The van der Waals surface area contributed by atoms with Crippen LogP contribution in [0.4, 0.5) is 0 Å². The molecule has 0 radical (unpaired) electrons. The molecule has 0 N–H and O–H groups in total. The van der Waals surface area contributed by atoms with E-state index in [9.17, 15) is 9.59 Å². The van der Waals surface area contributed by atoms with Crippen LogP contribution in [0.2, 0.25) is 0 Å². The minimum atomic E-state index is -0.363. The number of fused-ring (bicyclic) bond motifs is 2. The normalized spacial score (nSPS) is 11.7. The standard InChI is InChI=1S/C29H24O5/c1-29(2,3)20-14-12-18(13-15-20)27-28(26(31)21-9-5-7-11-24(21)34-27)32-17-22(30)25-16-19-8-4-6-10-23(19)33-25/h4-16H,17H2,1-3H3. The van der Waals surface area contributed by atoms with Crippen LogP contribution in [0.25, 0.3) is 33.3 Å². The van der Waals surface area contributed by atoms with Gasteiger partial charge in [0.15, 0.2) is 18.1 Å². The van der Waals surface area contributed by atoms with Gasteiger partial charge in [-0.15, -0.1) is 0 Å². The summed E-state index contributed by atoms with van der Waals surface area (Å²) in [5.41, 5.74) is 2.59. The first-order chi connectivity index (χ1) is 16.3. The minimum absolute atomic E-state index is 0.00618. The molecular weight excluding hydrogens is 428 g/mol. The Hall–Kier alpha value is -4.12. The summed E-state index contributed by atoms with van der Waals surface area (Å²) in [6.07, 6.45) is 0. The first-order valence-electron chi connectivity index (χ1n) is 11.1. The number of Topliss-reactive ketones (excluding diaryl/α,β-unsaturated/α-hetero) is 1. The molecule has 5 rings (SSSR count). The lowest BCUT2D eigenvalue weighted by molar-refractivity contribution is 0.0894. The average Bonchev–Trinajstić information content (AvgIpc) is 3.27. The lowest BCUT2D eigenvalue weighted by atomic mass is 9.86. The zero-order valence-corrected chi connectivity index (χ0v) is 19.3. The Morgan fingerprint density at radius 3 is 2.24 bits per heavy atom. The average molecular weight is 453 g/mol. The number of rotatable bonds is 5. The number of benzene rings is 3. The second-order valence-electron chi connectivity index (χ2n) is 9.27. The second-order valence-corrected chi connectivity index (χ2v) is 9.27. The van der Waals surface area contributed by atoms with Crippen molar-refractivity contribution in [1.82, 2.24) is 0 Å². The summed E-state index contributed by atoms with van der Waals surface area (Å²) in [5, 5.41) is 1.22. The lowest BCUT2D eigenvalue weighted by Gasteiger charge is -2.19. The Bertz CT molecular complexity index is 1530. The number of para-hydroxylation sites is 2. The van der Waals surface area contributed by atoms with Crippen molar-refractivity contribution in [2.24, 2.45) is 0 Å². The highest BCUT2D eigenvalue weighted by atomic mass is 16.5. The number of carbonyl (C=O) groups is 1. The lowest BCUT2D eigenvalue weighted by Crippen LogP contribution is -2.16. The van der Waals surface area contributed by atoms with Gasteiger partial charge in [-0.25, -0.2) is 0 Å². The van der Waals surface area contributed by atoms with Crippen molar-refractivity contribution in [2.75, 3.05) is 6.61 Å². The Balaban J connectivity index is 1.53. The summed E-state index contributed by atoms with van der Waals surface area (Å²) in [6.45, 7) is 6.05. The molecule has 0 aliphatic carbocycles. The van der Waals surface area contributed by atoms with Crippen LogP contribution in [0.15, 0.2) is 92.5 Å². The van der Waals surface area contributed by atoms with Gasteiger partial charge in [-0.1, -0.05) is 75.4 Å². The zero-order valence-electron chi connectivity index (χ0n) is 19.3. The van der Waals surface area contributed by atoms with Crippen LogP contribution >= 0.6 is 0 Å². The zero-order chi connectivity index (χ0) is 23.9. The molecule has 2 heterocycles. The van der Waals surface area contributed by atoms with Crippen molar-refractivity contribution in [3.63, 3.8) is 0 Å². The second kappa shape index (κ2) is 8.34. The maximum Gasteiger partial charge on any atom is 0.235 e. The summed E-state index contributed by atoms with van der Waals surface area (Å²) in [7, 11) is 0. The van der Waals surface area contributed by atoms with Gasteiger partial charge in [-0.3, -0.25) is 9.59 Å². The number of furan rings is 1. The van der Waals surface area contributed by atoms with Gasteiger partial charge in [0.25, 0.3) is 0 Å². The van der Waals surface area contributed by atoms with Crippen molar-refractivity contribution in [3.05, 3.63) is 100 Å². The Morgan fingerprint density at radius 1 is 0.853 bits per heavy atom. The molecule has 0 bridgehead atoms. The molecule has 5 nitrogen and oxygen atoms in total. The molecule has 0 fully saturated rings. The predicted octanol–water partition coefficient (Wildman–Crippen LogP) is 6.77. The highest BCUT2D eigenvalue weighted by molar-refractivity contribution is 5.98. The van der Waals surface area contributed by atoms with Crippen LogP contribution in [-0.4, -0.2) is 12.4 Å². The first-order valence-corrected chi connectivity index (χ1v) is 11.1. The van der Waals surface area contributed by atoms with E-state index in [4.69, 9.17) is 13.6 Å². The van der Waals surface area contributed by atoms with Crippen molar-refractivity contribution >= 4 is 27.7 Å². The van der Waals surface area contributed by atoms with Crippen molar-refractivity contribution in [2.45, 2.75) is 26.2 Å². The van der Waals surface area contributed by atoms with Crippen LogP contribution in [-0.2, 0) is 5.41 Å². The van der Waals surface area contributed by atoms with Crippen LogP contribution in [0.5, 0.6) is 5.75 Å². The van der Waals surface area contributed by atoms with E-state index in [1.165, 1.54) is 0 Å². The molecule has 0 saturated heterocycles. The van der Waals surface area contributed by atoms with Gasteiger partial charge < -0.3 is 13.6 Å². The number of carbonyl (C=O) groups excluding carboxylic acids is 1. The third-order valence-electron chi connectivity index (χ3n) is 5.82. The topological polar surface area (TPSA) is 69.7 Å². The smallest absolute Gasteiger partial charge is 0.235 e. The first kappa shape index (κ1) is 21.7. The Kier molecular flexibility index (Phi) is 5.33. The summed E-state index contributed by atoms with van der Waals surface area (Å²) in [6, 6.07) is 23.9. The van der Waals surface area contributed by atoms with Gasteiger partial charge in [0, 0.05) is 10.9 Å². The summed E-state index contributed by atoms with van der Waals surface area (Å²) >= 11 is 0. The van der Waals surface area contributed by atoms with Gasteiger partial charge in [-0.05, 0) is 35.2 Å². The van der Waals surface area contributed by atoms with E-state index in [0.29, 0.717) is 27.9 Å². The molecule has 5 aromatic rings. The SMILES string of the molecule is CC(C)(C)c1ccc(-c2oc3ccccc3c(=O)c2OCC(=O)c2cc3ccccc3o2)cc1. The summed E-state index contributed by atoms with van der Waals surface area (Å²) in [4.78, 5) is 26.1. The van der Waals surface area contributed by atoms with Crippen LogP contribution in [0, 0.1) is 0 Å². The van der Waals surface area contributed by atoms with Crippen molar-refractivity contribution in [1.29, 1.82) is 0 Å². The quantitative estimate of drug-likeness (QED) is 0.275. The molecule has 0 unspecified atom stereocenters. The molecule has 5 heteroatoms. The highest BCUT2D eigenvalue weighted by Gasteiger charge is 2.21. The number of hydrogen-bond donors (Lipinski definition) is 0. The molecule has 3 aromatic carbocycles. The third-order valence-corrected chi connectivity index (χ3v) is 5.82. The minimum Gasteiger partial charge on any atom is -0.478 e. The molecule has 0 aliphatic heterocycles. The Labute approximate surface area is 196 Å². The summed E-state index contributed by atoms with van der Waals surface area (Å²) in [5.74, 6) is 0.119. The fraction of sp³-hybridized carbons (Fsp3) is 0.172. The van der Waals surface area contributed by atoms with E-state index in [2.05, 4.69) is 20.8 Å².